The average molecular weight is 405 g/mol. The van der Waals surface area contributed by atoms with Gasteiger partial charge >= 0.3 is 0 Å². The number of hydrogen-bond donors (Lipinski definition) is 1. The minimum atomic E-state index is -0.684. The van der Waals surface area contributed by atoms with E-state index in [0.717, 1.165) is 0 Å². The summed E-state index contributed by atoms with van der Waals surface area (Å²) in [5, 5.41) is 19.7. The van der Waals surface area contributed by atoms with Crippen molar-refractivity contribution in [2.45, 2.75) is 43.3 Å². The third kappa shape index (κ3) is 1.76. The Hall–Kier alpha value is -1.46. The number of anilines is 1. The van der Waals surface area contributed by atoms with Gasteiger partial charge in [-0.1, -0.05) is 0 Å². The molecule has 6 nitrogen and oxygen atoms in total. The molecule has 4 saturated heterocycles. The Morgan fingerprint density at radius 1 is 1.48 bits per heavy atom. The summed E-state index contributed by atoms with van der Waals surface area (Å²) < 4.78 is 12.9. The first-order valence-corrected chi connectivity index (χ1v) is 9.23. The summed E-state index contributed by atoms with van der Waals surface area (Å²) in [7, 11) is 0. The number of carbonyl (C=O) groups excluding carboxylic acids is 1. The summed E-state index contributed by atoms with van der Waals surface area (Å²) in [6, 6.07) is 7.36. The molecular weight excluding hydrogens is 388 g/mol. The summed E-state index contributed by atoms with van der Waals surface area (Å²) in [5.41, 5.74) is -0.116. The SMILES string of the molecule is CC12CC(O)C3(CCOC4C3C1C(=O)N4c1ccc(C#N)c(Br)c1)O2. The molecule has 0 saturated carbocycles. The number of benzene rings is 1. The standard InChI is InChI=1S/C18H17BrN2O4/c1-17-7-12(22)18(25-17)4-5-24-16-14(18)13(17)15(23)21(16)10-3-2-9(8-20)11(19)6-10/h2-3,6,12-14,16,22H,4-5,7H2,1H3. The van der Waals surface area contributed by atoms with Crippen molar-refractivity contribution in [1.29, 1.82) is 5.26 Å². The topological polar surface area (TPSA) is 82.8 Å². The molecule has 6 unspecified atom stereocenters. The van der Waals surface area contributed by atoms with E-state index in [1.165, 1.54) is 0 Å². The van der Waals surface area contributed by atoms with Crippen LogP contribution in [0.2, 0.25) is 0 Å². The number of carbonyl (C=O) groups is 1. The molecule has 4 aliphatic rings. The molecule has 2 bridgehead atoms. The number of ether oxygens (including phenoxy) is 2. The maximum atomic E-state index is 13.3. The number of aliphatic hydroxyl groups excluding tert-OH is 1. The van der Waals surface area contributed by atoms with Gasteiger partial charge in [-0.3, -0.25) is 9.69 Å². The molecule has 5 rings (SSSR count). The van der Waals surface area contributed by atoms with E-state index in [1.54, 1.807) is 23.1 Å². The van der Waals surface area contributed by atoms with Gasteiger partial charge in [0.05, 0.1) is 35.7 Å². The maximum absolute atomic E-state index is 13.3. The highest BCUT2D eigenvalue weighted by molar-refractivity contribution is 9.10. The van der Waals surface area contributed by atoms with Crippen molar-refractivity contribution >= 4 is 27.5 Å². The first-order valence-electron chi connectivity index (χ1n) is 8.44. The Balaban J connectivity index is 1.62. The number of amides is 1. The fourth-order valence-corrected chi connectivity index (χ4v) is 5.88. The van der Waals surface area contributed by atoms with Gasteiger partial charge in [-0.15, -0.1) is 0 Å². The van der Waals surface area contributed by atoms with Gasteiger partial charge in [0.1, 0.15) is 17.9 Å². The van der Waals surface area contributed by atoms with E-state index in [0.29, 0.717) is 35.2 Å². The van der Waals surface area contributed by atoms with Crippen molar-refractivity contribution in [3.05, 3.63) is 28.2 Å². The van der Waals surface area contributed by atoms with E-state index in [9.17, 15) is 9.90 Å². The number of rotatable bonds is 1. The quantitative estimate of drug-likeness (QED) is 0.772. The van der Waals surface area contributed by atoms with Gasteiger partial charge in [-0.25, -0.2) is 0 Å². The van der Waals surface area contributed by atoms with Crippen LogP contribution in [0.25, 0.3) is 0 Å². The predicted octanol–water partition coefficient (Wildman–Crippen LogP) is 1.94. The summed E-state index contributed by atoms with van der Waals surface area (Å²) in [6.45, 7) is 2.38. The van der Waals surface area contributed by atoms with Crippen molar-refractivity contribution in [2.75, 3.05) is 11.5 Å². The Kier molecular flexibility index (Phi) is 3.05. The largest absolute Gasteiger partial charge is 0.390 e. The monoisotopic (exact) mass is 404 g/mol. The smallest absolute Gasteiger partial charge is 0.235 e. The first kappa shape index (κ1) is 15.8. The molecule has 4 fully saturated rings. The molecule has 25 heavy (non-hydrogen) atoms. The summed E-state index contributed by atoms with van der Waals surface area (Å²) in [4.78, 5) is 15.0. The zero-order chi connectivity index (χ0) is 17.6. The van der Waals surface area contributed by atoms with Gasteiger partial charge in [0.2, 0.25) is 5.91 Å². The zero-order valence-electron chi connectivity index (χ0n) is 13.6. The van der Waals surface area contributed by atoms with E-state index in [-0.39, 0.29) is 17.7 Å². The molecule has 4 heterocycles. The molecule has 130 valence electrons. The van der Waals surface area contributed by atoms with Gasteiger partial charge in [-0.05, 0) is 41.1 Å². The lowest BCUT2D eigenvalue weighted by Crippen LogP contribution is -2.56. The van der Waals surface area contributed by atoms with Crippen LogP contribution in [-0.4, -0.2) is 41.2 Å². The molecule has 1 spiro atoms. The van der Waals surface area contributed by atoms with Crippen LogP contribution < -0.4 is 4.90 Å². The van der Waals surface area contributed by atoms with Crippen LogP contribution in [-0.2, 0) is 14.3 Å². The fourth-order valence-electron chi connectivity index (χ4n) is 5.42. The van der Waals surface area contributed by atoms with Crippen molar-refractivity contribution in [3.8, 4) is 6.07 Å². The lowest BCUT2D eigenvalue weighted by molar-refractivity contribution is -0.163. The number of hydrogen-bond acceptors (Lipinski definition) is 5. The van der Waals surface area contributed by atoms with Gasteiger partial charge in [-0.2, -0.15) is 5.26 Å². The van der Waals surface area contributed by atoms with Crippen molar-refractivity contribution in [2.24, 2.45) is 11.8 Å². The van der Waals surface area contributed by atoms with Crippen molar-refractivity contribution in [3.63, 3.8) is 0 Å². The number of fused-ring (bicyclic) bond motifs is 2. The Labute approximate surface area is 153 Å². The van der Waals surface area contributed by atoms with Gasteiger partial charge < -0.3 is 14.6 Å². The number of aliphatic hydroxyl groups is 1. The lowest BCUT2D eigenvalue weighted by Gasteiger charge is -2.43. The van der Waals surface area contributed by atoms with Crippen LogP contribution in [0.5, 0.6) is 0 Å². The fraction of sp³-hybridized carbons (Fsp3) is 0.556. The van der Waals surface area contributed by atoms with Crippen molar-refractivity contribution < 1.29 is 19.4 Å². The molecule has 6 atom stereocenters. The minimum Gasteiger partial charge on any atom is -0.390 e. The van der Waals surface area contributed by atoms with Crippen LogP contribution in [0.15, 0.2) is 22.7 Å². The van der Waals surface area contributed by atoms with Gasteiger partial charge in [0, 0.05) is 23.0 Å². The second-order valence-corrected chi connectivity index (χ2v) is 8.44. The summed E-state index contributed by atoms with van der Waals surface area (Å²) in [5.74, 6) is -0.502. The van der Waals surface area contributed by atoms with Gasteiger partial charge in [0.15, 0.2) is 0 Å². The first-order chi connectivity index (χ1) is 11.9. The molecule has 1 aromatic rings. The minimum absolute atomic E-state index is 0.0233. The highest BCUT2D eigenvalue weighted by atomic mass is 79.9. The van der Waals surface area contributed by atoms with Crippen molar-refractivity contribution in [1.82, 2.24) is 0 Å². The van der Waals surface area contributed by atoms with E-state index in [2.05, 4.69) is 22.0 Å². The summed E-state index contributed by atoms with van der Waals surface area (Å²) >= 11 is 3.39. The molecule has 1 aromatic carbocycles. The molecule has 1 amide bonds. The van der Waals surface area contributed by atoms with E-state index < -0.39 is 23.5 Å². The molecule has 7 heteroatoms. The summed E-state index contributed by atoms with van der Waals surface area (Å²) in [6.07, 6.45) is 0.0883. The van der Waals surface area contributed by atoms with Crippen LogP contribution in [0.3, 0.4) is 0 Å². The second kappa shape index (κ2) is 4.83. The number of nitriles is 1. The highest BCUT2D eigenvalue weighted by Gasteiger charge is 2.78. The van der Waals surface area contributed by atoms with Crippen LogP contribution in [0.4, 0.5) is 5.69 Å². The maximum Gasteiger partial charge on any atom is 0.235 e. The molecule has 0 radical (unpaired) electrons. The normalized spacial score (nSPS) is 44.1. The highest BCUT2D eigenvalue weighted by Crippen LogP contribution is 2.65. The van der Waals surface area contributed by atoms with E-state index in [4.69, 9.17) is 14.7 Å². The van der Waals surface area contributed by atoms with Crippen LogP contribution >= 0.6 is 15.9 Å². The molecule has 0 aliphatic carbocycles. The predicted molar refractivity (Wildman–Crippen MR) is 90.5 cm³/mol. The Morgan fingerprint density at radius 3 is 3.00 bits per heavy atom. The van der Waals surface area contributed by atoms with E-state index in [1.807, 2.05) is 6.92 Å². The lowest BCUT2D eigenvalue weighted by atomic mass is 9.65. The molecule has 4 aliphatic heterocycles. The average Bonchev–Trinajstić information content (AvgIpc) is 3.11. The number of nitrogens with zero attached hydrogens (tertiary/aromatic N) is 2. The molecule has 1 N–H and O–H groups in total. The van der Waals surface area contributed by atoms with Gasteiger partial charge in [0.25, 0.3) is 0 Å². The second-order valence-electron chi connectivity index (χ2n) is 7.59. The molecular formula is C18H17BrN2O4. The van der Waals surface area contributed by atoms with Crippen LogP contribution in [0, 0.1) is 23.2 Å². The van der Waals surface area contributed by atoms with Crippen LogP contribution in [0.1, 0.15) is 25.3 Å². The van der Waals surface area contributed by atoms with E-state index >= 15 is 0 Å². The zero-order valence-corrected chi connectivity index (χ0v) is 15.2. The Morgan fingerprint density at radius 2 is 2.28 bits per heavy atom. The molecule has 0 aromatic heterocycles. The Bertz CT molecular complexity index is 839. The third-order valence-corrected chi connectivity index (χ3v) is 7.02. The number of halogens is 1. The third-order valence-electron chi connectivity index (χ3n) is 6.36.